The van der Waals surface area contributed by atoms with Crippen molar-refractivity contribution in [3.05, 3.63) is 41.9 Å². The van der Waals surface area contributed by atoms with Crippen LogP contribution in [0.15, 0.2) is 35.0 Å². The summed E-state index contributed by atoms with van der Waals surface area (Å²) in [6.07, 6.45) is 5.93. The number of pyridine rings is 1. The van der Waals surface area contributed by atoms with Crippen LogP contribution < -0.4 is 4.74 Å². The van der Waals surface area contributed by atoms with Crippen molar-refractivity contribution in [2.45, 2.75) is 69.7 Å². The molecule has 2 aliphatic rings. The first-order chi connectivity index (χ1) is 13.1. The van der Waals surface area contributed by atoms with Gasteiger partial charge < -0.3 is 14.0 Å². The highest BCUT2D eigenvalue weighted by Crippen LogP contribution is 2.43. The first-order valence-corrected chi connectivity index (χ1v) is 9.92. The molecule has 2 aromatic heterocycles. The zero-order chi connectivity index (χ0) is 18.9. The first kappa shape index (κ1) is 18.4. The van der Waals surface area contributed by atoms with Crippen LogP contribution in [0.3, 0.4) is 0 Å². The highest BCUT2D eigenvalue weighted by Gasteiger charge is 2.51. The second kappa shape index (κ2) is 7.60. The molecule has 146 valence electrons. The van der Waals surface area contributed by atoms with Gasteiger partial charge in [-0.2, -0.15) is 0 Å². The fourth-order valence-corrected chi connectivity index (χ4v) is 4.52. The smallest absolute Gasteiger partial charge is 0.213 e. The van der Waals surface area contributed by atoms with Crippen LogP contribution in [0.4, 0.5) is 0 Å². The number of aromatic nitrogens is 2. The van der Waals surface area contributed by atoms with E-state index < -0.39 is 0 Å². The van der Waals surface area contributed by atoms with Crippen LogP contribution in [-0.2, 0) is 11.3 Å². The van der Waals surface area contributed by atoms with Gasteiger partial charge in [0.15, 0.2) is 5.76 Å². The molecule has 1 aliphatic heterocycles. The van der Waals surface area contributed by atoms with Gasteiger partial charge in [-0.25, -0.2) is 4.98 Å². The molecule has 0 radical (unpaired) electrons. The number of fused-ring (bicyclic) bond motifs is 1. The Morgan fingerprint density at radius 3 is 2.93 bits per heavy atom. The number of ether oxygens (including phenoxy) is 2. The predicted molar refractivity (Wildman–Crippen MR) is 102 cm³/mol. The maximum Gasteiger partial charge on any atom is 0.213 e. The van der Waals surface area contributed by atoms with E-state index >= 15 is 0 Å². The molecule has 4 rings (SSSR count). The van der Waals surface area contributed by atoms with Gasteiger partial charge in [-0.1, -0.05) is 25.1 Å². The van der Waals surface area contributed by atoms with E-state index in [1.165, 1.54) is 0 Å². The molecule has 27 heavy (non-hydrogen) atoms. The van der Waals surface area contributed by atoms with Crippen molar-refractivity contribution < 1.29 is 14.0 Å². The minimum atomic E-state index is -0.0785. The molecule has 1 saturated carbocycles. The molecule has 0 unspecified atom stereocenters. The zero-order valence-electron chi connectivity index (χ0n) is 16.4. The van der Waals surface area contributed by atoms with E-state index in [0.717, 1.165) is 50.2 Å². The predicted octanol–water partition coefficient (Wildman–Crippen LogP) is 3.78. The van der Waals surface area contributed by atoms with Crippen molar-refractivity contribution in [2.24, 2.45) is 0 Å². The minimum absolute atomic E-state index is 0.0785. The molecule has 0 amide bonds. The van der Waals surface area contributed by atoms with E-state index in [0.29, 0.717) is 17.8 Å². The van der Waals surface area contributed by atoms with Gasteiger partial charge in [0.05, 0.1) is 17.8 Å². The molecule has 3 atom stereocenters. The molecule has 0 N–H and O–H groups in total. The summed E-state index contributed by atoms with van der Waals surface area (Å²) in [6, 6.07) is 8.19. The maximum atomic E-state index is 6.16. The van der Waals surface area contributed by atoms with Gasteiger partial charge in [0, 0.05) is 44.4 Å². The lowest BCUT2D eigenvalue weighted by molar-refractivity contribution is -0.0850. The molecule has 0 bridgehead atoms. The minimum Gasteiger partial charge on any atom is -0.474 e. The van der Waals surface area contributed by atoms with Crippen molar-refractivity contribution >= 4 is 0 Å². The Bertz CT molecular complexity index is 748. The highest BCUT2D eigenvalue weighted by molar-refractivity contribution is 5.13. The summed E-state index contributed by atoms with van der Waals surface area (Å²) in [5, 5.41) is 4.20. The SMILES string of the molecule is CO[C@@]12CC[C@H](Oc3ccccn3)C[C@@H]1N(Cc1cc(C(C)C)no1)CC2. The summed E-state index contributed by atoms with van der Waals surface area (Å²) in [4.78, 5) is 6.79. The molecule has 1 aliphatic carbocycles. The topological polar surface area (TPSA) is 60.6 Å². The second-order valence-electron chi connectivity index (χ2n) is 8.06. The lowest BCUT2D eigenvalue weighted by atomic mass is 9.79. The largest absolute Gasteiger partial charge is 0.474 e. The number of rotatable bonds is 6. The average molecular weight is 371 g/mol. The second-order valence-corrected chi connectivity index (χ2v) is 8.06. The van der Waals surface area contributed by atoms with E-state index in [2.05, 4.69) is 35.0 Å². The molecule has 2 fully saturated rings. The van der Waals surface area contributed by atoms with Crippen LogP contribution >= 0.6 is 0 Å². The van der Waals surface area contributed by atoms with Crippen molar-refractivity contribution in [3.8, 4) is 5.88 Å². The normalized spacial score (nSPS) is 28.4. The van der Waals surface area contributed by atoms with Crippen molar-refractivity contribution in [1.82, 2.24) is 15.0 Å². The fraction of sp³-hybridized carbons (Fsp3) is 0.619. The number of likely N-dealkylation sites (tertiary alicyclic amines) is 1. The number of hydrogen-bond donors (Lipinski definition) is 0. The molecular weight excluding hydrogens is 342 g/mol. The number of hydrogen-bond acceptors (Lipinski definition) is 6. The molecule has 1 saturated heterocycles. The molecule has 0 spiro atoms. The van der Waals surface area contributed by atoms with Crippen LogP contribution in [0.5, 0.6) is 5.88 Å². The van der Waals surface area contributed by atoms with E-state index in [-0.39, 0.29) is 11.7 Å². The monoisotopic (exact) mass is 371 g/mol. The van der Waals surface area contributed by atoms with Crippen LogP contribution in [0.1, 0.15) is 56.9 Å². The molecule has 0 aromatic carbocycles. The van der Waals surface area contributed by atoms with Crippen LogP contribution in [0, 0.1) is 0 Å². The maximum absolute atomic E-state index is 6.16. The fourth-order valence-electron chi connectivity index (χ4n) is 4.52. The lowest BCUT2D eigenvalue weighted by Gasteiger charge is -2.43. The average Bonchev–Trinajstić information content (AvgIpc) is 3.29. The van der Waals surface area contributed by atoms with Gasteiger partial charge in [0.2, 0.25) is 5.88 Å². The highest BCUT2D eigenvalue weighted by atomic mass is 16.5. The number of nitrogens with zero attached hydrogens (tertiary/aromatic N) is 3. The van der Waals surface area contributed by atoms with E-state index in [1.54, 1.807) is 6.20 Å². The molecule has 6 heteroatoms. The zero-order valence-corrected chi connectivity index (χ0v) is 16.4. The van der Waals surface area contributed by atoms with E-state index in [1.807, 2.05) is 25.3 Å². The standard InChI is InChI=1S/C21H29N3O3/c1-15(2)18-12-17(27-23-18)14-24-11-9-21(25-3)8-7-16(13-19(21)24)26-20-6-4-5-10-22-20/h4-6,10,12,15-16,19H,7-9,11,13-14H2,1-3H3/t16-,19-,21+/m0/s1. The third-order valence-corrected chi connectivity index (χ3v) is 6.11. The van der Waals surface area contributed by atoms with Gasteiger partial charge in [-0.05, 0) is 31.2 Å². The van der Waals surface area contributed by atoms with Crippen molar-refractivity contribution in [2.75, 3.05) is 13.7 Å². The van der Waals surface area contributed by atoms with E-state index in [9.17, 15) is 0 Å². The molecule has 3 heterocycles. The Balaban J connectivity index is 1.47. The summed E-state index contributed by atoms with van der Waals surface area (Å²) < 4.78 is 17.8. The van der Waals surface area contributed by atoms with Crippen LogP contribution in [0.2, 0.25) is 0 Å². The summed E-state index contributed by atoms with van der Waals surface area (Å²) >= 11 is 0. The molecule has 6 nitrogen and oxygen atoms in total. The Labute approximate surface area is 160 Å². The van der Waals surface area contributed by atoms with Crippen LogP contribution in [0.25, 0.3) is 0 Å². The quantitative estimate of drug-likeness (QED) is 0.770. The third-order valence-electron chi connectivity index (χ3n) is 6.11. The lowest BCUT2D eigenvalue weighted by Crippen LogP contribution is -2.52. The van der Waals surface area contributed by atoms with Gasteiger partial charge >= 0.3 is 0 Å². The Morgan fingerprint density at radius 1 is 1.33 bits per heavy atom. The first-order valence-electron chi connectivity index (χ1n) is 9.92. The van der Waals surface area contributed by atoms with Gasteiger partial charge in [0.1, 0.15) is 6.10 Å². The Morgan fingerprint density at radius 2 is 2.22 bits per heavy atom. The van der Waals surface area contributed by atoms with Gasteiger partial charge in [-0.15, -0.1) is 0 Å². The third kappa shape index (κ3) is 3.73. The summed E-state index contributed by atoms with van der Waals surface area (Å²) in [7, 11) is 1.85. The van der Waals surface area contributed by atoms with Crippen molar-refractivity contribution in [3.63, 3.8) is 0 Å². The van der Waals surface area contributed by atoms with Gasteiger partial charge in [-0.3, -0.25) is 4.90 Å². The summed E-state index contributed by atoms with van der Waals surface area (Å²) in [5.41, 5.74) is 0.937. The molecule has 2 aromatic rings. The summed E-state index contributed by atoms with van der Waals surface area (Å²) in [5.74, 6) is 2.01. The summed E-state index contributed by atoms with van der Waals surface area (Å²) in [6.45, 7) is 6.04. The van der Waals surface area contributed by atoms with Crippen LogP contribution in [-0.4, -0.2) is 46.4 Å². The Kier molecular flexibility index (Phi) is 5.19. The number of methoxy groups -OCH3 is 1. The molecular formula is C21H29N3O3. The Hall–Kier alpha value is -1.92. The van der Waals surface area contributed by atoms with E-state index in [4.69, 9.17) is 14.0 Å². The van der Waals surface area contributed by atoms with Crippen molar-refractivity contribution in [1.29, 1.82) is 0 Å². The van der Waals surface area contributed by atoms with Gasteiger partial charge in [0.25, 0.3) is 0 Å².